The summed E-state index contributed by atoms with van der Waals surface area (Å²) in [7, 11) is 1.67. The van der Waals surface area contributed by atoms with Crippen LogP contribution in [-0.2, 0) is 6.54 Å². The average Bonchev–Trinajstić information content (AvgIpc) is 3.31. The second-order valence-corrected chi connectivity index (χ2v) is 5.52. The molecule has 1 aromatic carbocycles. The lowest BCUT2D eigenvalue weighted by Crippen LogP contribution is -2.41. The summed E-state index contributed by atoms with van der Waals surface area (Å²) in [6, 6.07) is 7.89. The van der Waals surface area contributed by atoms with E-state index in [1.165, 1.54) is 0 Å². The Balaban J connectivity index is 0.00000242. The molecule has 22 heavy (non-hydrogen) atoms. The van der Waals surface area contributed by atoms with Crippen molar-refractivity contribution in [3.8, 4) is 5.75 Å². The molecule has 0 bridgehead atoms. The van der Waals surface area contributed by atoms with Crippen molar-refractivity contribution in [3.63, 3.8) is 0 Å². The maximum absolute atomic E-state index is 9.36. The summed E-state index contributed by atoms with van der Waals surface area (Å²) in [6.45, 7) is 4.42. The van der Waals surface area contributed by atoms with Crippen LogP contribution in [0.5, 0.6) is 5.75 Å². The molecule has 0 atom stereocenters. The van der Waals surface area contributed by atoms with Gasteiger partial charge in [-0.05, 0) is 25.8 Å². The van der Waals surface area contributed by atoms with Gasteiger partial charge in [0, 0.05) is 24.1 Å². The van der Waals surface area contributed by atoms with E-state index in [0.29, 0.717) is 6.54 Å². The molecule has 1 aliphatic rings. The molecule has 124 valence electrons. The molecule has 0 unspecified atom stereocenters. The van der Waals surface area contributed by atoms with Crippen molar-refractivity contribution in [2.45, 2.75) is 26.3 Å². The van der Waals surface area contributed by atoms with Crippen LogP contribution >= 0.6 is 24.0 Å². The molecule has 0 spiro atoms. The first-order valence-electron chi connectivity index (χ1n) is 7.48. The Morgan fingerprint density at radius 3 is 2.64 bits per heavy atom. The van der Waals surface area contributed by atoms with Crippen LogP contribution in [-0.4, -0.2) is 37.9 Å². The molecule has 5 nitrogen and oxygen atoms in total. The highest BCUT2D eigenvalue weighted by Crippen LogP contribution is 2.44. The highest BCUT2D eigenvalue weighted by atomic mass is 127. The van der Waals surface area contributed by atoms with Crippen molar-refractivity contribution in [2.24, 2.45) is 10.4 Å². The van der Waals surface area contributed by atoms with Crippen molar-refractivity contribution >= 4 is 29.9 Å². The largest absolute Gasteiger partial charge is 0.496 e. The Hall–Kier alpha value is -1.02. The minimum Gasteiger partial charge on any atom is -0.496 e. The van der Waals surface area contributed by atoms with Crippen LogP contribution in [0.4, 0.5) is 0 Å². The van der Waals surface area contributed by atoms with Gasteiger partial charge in [0.15, 0.2) is 5.96 Å². The molecule has 1 aromatic rings. The van der Waals surface area contributed by atoms with Crippen LogP contribution in [0.1, 0.15) is 25.3 Å². The highest BCUT2D eigenvalue weighted by Gasteiger charge is 2.41. The lowest BCUT2D eigenvalue weighted by atomic mass is 10.1. The molecule has 0 amide bonds. The van der Waals surface area contributed by atoms with Crippen LogP contribution in [0.3, 0.4) is 0 Å². The van der Waals surface area contributed by atoms with E-state index in [-0.39, 0.29) is 36.0 Å². The van der Waals surface area contributed by atoms with E-state index in [9.17, 15) is 5.11 Å². The molecule has 0 aromatic heterocycles. The zero-order chi connectivity index (χ0) is 15.1. The van der Waals surface area contributed by atoms with Gasteiger partial charge in [-0.25, -0.2) is 4.99 Å². The molecule has 0 heterocycles. The van der Waals surface area contributed by atoms with Crippen molar-refractivity contribution in [2.75, 3.05) is 26.8 Å². The summed E-state index contributed by atoms with van der Waals surface area (Å²) >= 11 is 0. The zero-order valence-electron chi connectivity index (χ0n) is 13.3. The minimum atomic E-state index is 0. The number of nitrogens with zero attached hydrogens (tertiary/aromatic N) is 1. The molecule has 1 fully saturated rings. The fraction of sp³-hybridized carbons (Fsp3) is 0.562. The van der Waals surface area contributed by atoms with E-state index in [1.807, 2.05) is 31.2 Å². The minimum absolute atomic E-state index is 0. The van der Waals surface area contributed by atoms with Gasteiger partial charge < -0.3 is 20.5 Å². The first-order chi connectivity index (χ1) is 10.2. The molecule has 3 N–H and O–H groups in total. The van der Waals surface area contributed by atoms with Gasteiger partial charge in [0.1, 0.15) is 5.75 Å². The summed E-state index contributed by atoms with van der Waals surface area (Å²) in [5.41, 5.74) is 1.13. The second kappa shape index (κ2) is 9.19. The zero-order valence-corrected chi connectivity index (χ0v) is 15.6. The summed E-state index contributed by atoms with van der Waals surface area (Å²) in [6.07, 6.45) is 2.17. The summed E-state index contributed by atoms with van der Waals surface area (Å²) < 4.78 is 5.34. The van der Waals surface area contributed by atoms with Gasteiger partial charge in [0.25, 0.3) is 0 Å². The average molecular weight is 419 g/mol. The molecule has 2 rings (SSSR count). The maximum Gasteiger partial charge on any atom is 0.191 e. The van der Waals surface area contributed by atoms with Crippen LogP contribution < -0.4 is 15.4 Å². The molecule has 1 aliphatic carbocycles. The molecule has 0 aliphatic heterocycles. The number of benzene rings is 1. The molecule has 0 saturated heterocycles. The molecular formula is C16H26IN3O2. The van der Waals surface area contributed by atoms with Crippen molar-refractivity contribution in [1.29, 1.82) is 0 Å². The second-order valence-electron chi connectivity index (χ2n) is 5.52. The third-order valence-electron chi connectivity index (χ3n) is 3.87. The number of aliphatic imine (C=N–C) groups is 1. The number of aliphatic hydroxyl groups excluding tert-OH is 1. The topological polar surface area (TPSA) is 65.9 Å². The van der Waals surface area contributed by atoms with E-state index in [0.717, 1.165) is 43.2 Å². The molecular weight excluding hydrogens is 393 g/mol. The van der Waals surface area contributed by atoms with Crippen molar-refractivity contribution in [1.82, 2.24) is 10.6 Å². The van der Waals surface area contributed by atoms with E-state index in [2.05, 4.69) is 15.6 Å². The van der Waals surface area contributed by atoms with E-state index < -0.39 is 0 Å². The van der Waals surface area contributed by atoms with Gasteiger partial charge >= 0.3 is 0 Å². The van der Waals surface area contributed by atoms with Gasteiger partial charge in [-0.1, -0.05) is 18.2 Å². The van der Waals surface area contributed by atoms with Gasteiger partial charge in [-0.3, -0.25) is 0 Å². The maximum atomic E-state index is 9.36. The quantitative estimate of drug-likeness (QED) is 0.360. The smallest absolute Gasteiger partial charge is 0.191 e. The van der Waals surface area contributed by atoms with Crippen molar-refractivity contribution in [3.05, 3.63) is 29.8 Å². The number of para-hydroxylation sites is 1. The monoisotopic (exact) mass is 419 g/mol. The summed E-state index contributed by atoms with van der Waals surface area (Å²) in [5.74, 6) is 1.63. The van der Waals surface area contributed by atoms with Gasteiger partial charge in [0.05, 0.1) is 20.3 Å². The highest BCUT2D eigenvalue weighted by molar-refractivity contribution is 14.0. The Kier molecular flexibility index (Phi) is 7.95. The fourth-order valence-corrected chi connectivity index (χ4v) is 2.18. The number of nitrogens with one attached hydrogen (secondary N) is 2. The number of aliphatic hydroxyl groups is 1. The first-order valence-corrected chi connectivity index (χ1v) is 7.48. The Morgan fingerprint density at radius 1 is 1.32 bits per heavy atom. The van der Waals surface area contributed by atoms with Crippen LogP contribution in [0, 0.1) is 5.41 Å². The van der Waals surface area contributed by atoms with Crippen molar-refractivity contribution < 1.29 is 9.84 Å². The standard InChI is InChI=1S/C16H25N3O2.HI/c1-3-17-15(19-11-16(12-20)8-9-16)18-10-13-6-4-5-7-14(13)21-2;/h4-7,20H,3,8-12H2,1-2H3,(H2,17,18,19);1H. The van der Waals surface area contributed by atoms with E-state index in [1.54, 1.807) is 7.11 Å². The summed E-state index contributed by atoms with van der Waals surface area (Å²) in [4.78, 5) is 4.59. The summed E-state index contributed by atoms with van der Waals surface area (Å²) in [5, 5.41) is 15.9. The van der Waals surface area contributed by atoms with E-state index >= 15 is 0 Å². The Morgan fingerprint density at radius 2 is 2.05 bits per heavy atom. The van der Waals surface area contributed by atoms with Crippen LogP contribution in [0.15, 0.2) is 29.3 Å². The number of hydrogen-bond acceptors (Lipinski definition) is 3. The SMILES string of the molecule is CCNC(=NCc1ccccc1OC)NCC1(CO)CC1.I. The fourth-order valence-electron chi connectivity index (χ4n) is 2.18. The van der Waals surface area contributed by atoms with Gasteiger partial charge in [-0.15, -0.1) is 24.0 Å². The number of halogens is 1. The predicted molar refractivity (Wildman–Crippen MR) is 100.0 cm³/mol. The lowest BCUT2D eigenvalue weighted by Gasteiger charge is -2.16. The third kappa shape index (κ3) is 5.31. The molecule has 1 saturated carbocycles. The number of methoxy groups -OCH3 is 1. The lowest BCUT2D eigenvalue weighted by molar-refractivity contribution is 0.212. The van der Waals surface area contributed by atoms with Crippen LogP contribution in [0.2, 0.25) is 0 Å². The van der Waals surface area contributed by atoms with E-state index in [4.69, 9.17) is 4.74 Å². The first kappa shape index (κ1) is 19.0. The predicted octanol–water partition coefficient (Wildman–Crippen LogP) is 2.14. The van der Waals surface area contributed by atoms with Gasteiger partial charge in [-0.2, -0.15) is 0 Å². The number of ether oxygens (including phenoxy) is 1. The van der Waals surface area contributed by atoms with Crippen LogP contribution in [0.25, 0.3) is 0 Å². The number of hydrogen-bond donors (Lipinski definition) is 3. The number of rotatable bonds is 7. The normalized spacial score (nSPS) is 15.7. The molecule has 6 heteroatoms. The third-order valence-corrected chi connectivity index (χ3v) is 3.87. The Bertz CT molecular complexity index is 490. The Labute approximate surface area is 149 Å². The van der Waals surface area contributed by atoms with Gasteiger partial charge in [0.2, 0.25) is 0 Å². The number of guanidine groups is 1. The molecule has 0 radical (unpaired) electrons.